The van der Waals surface area contributed by atoms with Crippen LogP contribution in [0, 0.1) is 11.7 Å². The summed E-state index contributed by atoms with van der Waals surface area (Å²) in [5.74, 6) is 0.0786. The number of nitrogens with zero attached hydrogens (tertiary/aromatic N) is 1. The number of pyridine rings is 1. The van der Waals surface area contributed by atoms with Gasteiger partial charge in [0.25, 0.3) is 0 Å². The zero-order valence-electron chi connectivity index (χ0n) is 11.8. The number of rotatable bonds is 3. The smallest absolute Gasteiger partial charge is 0.146 e. The Labute approximate surface area is 118 Å². The van der Waals surface area contributed by atoms with Crippen molar-refractivity contribution in [1.82, 2.24) is 10.3 Å². The number of hydrogen-bond donors (Lipinski definition) is 1. The van der Waals surface area contributed by atoms with Crippen molar-refractivity contribution < 1.29 is 13.9 Å². The first kappa shape index (κ1) is 13.9. The molecule has 2 saturated heterocycles. The first-order valence-corrected chi connectivity index (χ1v) is 7.23. The summed E-state index contributed by atoms with van der Waals surface area (Å²) in [5.41, 5.74) is 0.347. The minimum atomic E-state index is -0.241. The van der Waals surface area contributed by atoms with Gasteiger partial charge >= 0.3 is 0 Å². The Balaban J connectivity index is 1.81. The molecule has 4 nitrogen and oxygen atoms in total. The second kappa shape index (κ2) is 5.76. The summed E-state index contributed by atoms with van der Waals surface area (Å²) < 4.78 is 25.4. The van der Waals surface area contributed by atoms with Crippen LogP contribution in [0.5, 0.6) is 0 Å². The van der Waals surface area contributed by atoms with Gasteiger partial charge in [-0.2, -0.15) is 0 Å². The number of nitrogens with one attached hydrogen (secondary N) is 1. The van der Waals surface area contributed by atoms with Crippen molar-refractivity contribution >= 4 is 0 Å². The molecule has 20 heavy (non-hydrogen) atoms. The quantitative estimate of drug-likeness (QED) is 0.920. The maximum Gasteiger partial charge on any atom is 0.146 e. The van der Waals surface area contributed by atoms with Crippen LogP contribution in [0.3, 0.4) is 0 Å². The molecule has 3 unspecified atom stereocenters. The Morgan fingerprint density at radius 3 is 3.10 bits per heavy atom. The summed E-state index contributed by atoms with van der Waals surface area (Å²) in [6.45, 7) is 2.13. The van der Waals surface area contributed by atoms with E-state index in [2.05, 4.69) is 10.3 Å². The molecule has 0 saturated carbocycles. The van der Waals surface area contributed by atoms with E-state index >= 15 is 0 Å². The molecule has 3 heterocycles. The fraction of sp³-hybridized carbons (Fsp3) is 0.667. The molecule has 1 aromatic rings. The van der Waals surface area contributed by atoms with Gasteiger partial charge in [0, 0.05) is 25.8 Å². The van der Waals surface area contributed by atoms with Crippen molar-refractivity contribution in [3.63, 3.8) is 0 Å². The van der Waals surface area contributed by atoms with Gasteiger partial charge in [-0.1, -0.05) is 0 Å². The summed E-state index contributed by atoms with van der Waals surface area (Å²) in [5, 5.41) is 3.24. The molecule has 1 aromatic heterocycles. The molecule has 3 atom stereocenters. The molecular weight excluding hydrogens is 259 g/mol. The van der Waals surface area contributed by atoms with Gasteiger partial charge in [0.1, 0.15) is 5.82 Å². The number of halogens is 1. The van der Waals surface area contributed by atoms with Gasteiger partial charge in [0.05, 0.1) is 23.9 Å². The van der Waals surface area contributed by atoms with Crippen LogP contribution < -0.4 is 5.32 Å². The predicted molar refractivity (Wildman–Crippen MR) is 72.8 cm³/mol. The minimum Gasteiger partial charge on any atom is -0.378 e. The van der Waals surface area contributed by atoms with Gasteiger partial charge < -0.3 is 14.8 Å². The Morgan fingerprint density at radius 1 is 1.50 bits per heavy atom. The van der Waals surface area contributed by atoms with E-state index in [0.29, 0.717) is 24.8 Å². The van der Waals surface area contributed by atoms with Crippen molar-refractivity contribution in [2.45, 2.75) is 30.9 Å². The SMILES string of the molecule is CNC(c1ncccc1F)C1CCOC2(CCOC2)C1. The summed E-state index contributed by atoms with van der Waals surface area (Å²) in [6.07, 6.45) is 4.40. The molecule has 0 radical (unpaired) electrons. The van der Waals surface area contributed by atoms with Gasteiger partial charge in [-0.05, 0) is 37.9 Å². The Bertz CT molecular complexity index is 463. The van der Waals surface area contributed by atoms with E-state index in [9.17, 15) is 4.39 Å². The molecule has 0 aliphatic carbocycles. The molecule has 3 rings (SSSR count). The maximum absolute atomic E-state index is 14.0. The van der Waals surface area contributed by atoms with Crippen molar-refractivity contribution in [1.29, 1.82) is 0 Å². The topological polar surface area (TPSA) is 43.4 Å². The van der Waals surface area contributed by atoms with Crippen molar-refractivity contribution in [3.8, 4) is 0 Å². The van der Waals surface area contributed by atoms with Crippen LogP contribution in [0.4, 0.5) is 4.39 Å². The molecule has 0 amide bonds. The van der Waals surface area contributed by atoms with Gasteiger partial charge in [-0.3, -0.25) is 4.98 Å². The molecule has 2 fully saturated rings. The summed E-state index contributed by atoms with van der Waals surface area (Å²) in [6, 6.07) is 3.03. The van der Waals surface area contributed by atoms with E-state index < -0.39 is 0 Å². The molecule has 110 valence electrons. The molecule has 0 bridgehead atoms. The Morgan fingerprint density at radius 2 is 2.40 bits per heavy atom. The third kappa shape index (κ3) is 2.57. The van der Waals surface area contributed by atoms with E-state index in [0.717, 1.165) is 25.9 Å². The lowest BCUT2D eigenvalue weighted by atomic mass is 9.80. The molecule has 2 aliphatic rings. The van der Waals surface area contributed by atoms with Gasteiger partial charge in [0.2, 0.25) is 0 Å². The first-order valence-electron chi connectivity index (χ1n) is 7.23. The van der Waals surface area contributed by atoms with Crippen LogP contribution in [0.15, 0.2) is 18.3 Å². The van der Waals surface area contributed by atoms with Crippen LogP contribution in [-0.4, -0.2) is 37.5 Å². The highest BCUT2D eigenvalue weighted by molar-refractivity contribution is 5.13. The van der Waals surface area contributed by atoms with Crippen molar-refractivity contribution in [3.05, 3.63) is 29.8 Å². The zero-order chi connectivity index (χ0) is 14.0. The summed E-state index contributed by atoms with van der Waals surface area (Å²) in [4.78, 5) is 4.23. The van der Waals surface area contributed by atoms with Crippen LogP contribution >= 0.6 is 0 Å². The minimum absolute atomic E-state index is 0.0717. The second-order valence-corrected chi connectivity index (χ2v) is 5.72. The number of hydrogen-bond acceptors (Lipinski definition) is 4. The molecular formula is C15H21FN2O2. The number of aromatic nitrogens is 1. The zero-order valence-corrected chi connectivity index (χ0v) is 11.8. The molecule has 1 N–H and O–H groups in total. The van der Waals surface area contributed by atoms with Gasteiger partial charge in [-0.25, -0.2) is 4.39 Å². The van der Waals surface area contributed by atoms with Gasteiger partial charge in [-0.15, -0.1) is 0 Å². The number of ether oxygens (including phenoxy) is 2. The summed E-state index contributed by atoms with van der Waals surface area (Å²) in [7, 11) is 1.87. The molecule has 0 aromatic carbocycles. The highest BCUT2D eigenvalue weighted by Crippen LogP contribution is 2.40. The van der Waals surface area contributed by atoms with E-state index in [1.807, 2.05) is 7.05 Å². The highest BCUT2D eigenvalue weighted by Gasteiger charge is 2.43. The maximum atomic E-state index is 14.0. The fourth-order valence-corrected chi connectivity index (χ4v) is 3.44. The normalized spacial score (nSPS) is 31.6. The predicted octanol–water partition coefficient (Wildman–Crippen LogP) is 2.07. The Hall–Kier alpha value is -1.04. The molecule has 5 heteroatoms. The van der Waals surface area contributed by atoms with Crippen molar-refractivity contribution in [2.75, 3.05) is 26.9 Å². The fourth-order valence-electron chi connectivity index (χ4n) is 3.44. The lowest BCUT2D eigenvalue weighted by Gasteiger charge is -2.40. The highest BCUT2D eigenvalue weighted by atomic mass is 19.1. The average molecular weight is 280 g/mol. The standard InChI is InChI=1S/C15H21FN2O2/c1-17-13(14-12(16)3-2-6-18-14)11-4-7-20-15(9-11)5-8-19-10-15/h2-3,6,11,13,17H,4-5,7-10H2,1H3. The largest absolute Gasteiger partial charge is 0.378 e. The lowest BCUT2D eigenvalue weighted by Crippen LogP contribution is -2.44. The third-order valence-electron chi connectivity index (χ3n) is 4.46. The monoisotopic (exact) mass is 280 g/mol. The van der Waals surface area contributed by atoms with E-state index in [-0.39, 0.29) is 17.5 Å². The van der Waals surface area contributed by atoms with Crippen molar-refractivity contribution in [2.24, 2.45) is 5.92 Å². The van der Waals surface area contributed by atoms with Crippen LogP contribution in [0.1, 0.15) is 31.0 Å². The van der Waals surface area contributed by atoms with E-state index in [4.69, 9.17) is 9.47 Å². The van der Waals surface area contributed by atoms with Gasteiger partial charge in [0.15, 0.2) is 0 Å². The van der Waals surface area contributed by atoms with Crippen LogP contribution in [0.2, 0.25) is 0 Å². The third-order valence-corrected chi connectivity index (χ3v) is 4.46. The molecule has 2 aliphatic heterocycles. The first-order chi connectivity index (χ1) is 9.74. The summed E-state index contributed by atoms with van der Waals surface area (Å²) >= 11 is 0. The Kier molecular flexibility index (Phi) is 4.01. The lowest BCUT2D eigenvalue weighted by molar-refractivity contribution is -0.103. The van der Waals surface area contributed by atoms with E-state index in [1.165, 1.54) is 6.07 Å². The molecule has 1 spiro atoms. The second-order valence-electron chi connectivity index (χ2n) is 5.72. The van der Waals surface area contributed by atoms with E-state index in [1.54, 1.807) is 12.3 Å². The van der Waals surface area contributed by atoms with Crippen LogP contribution in [0.25, 0.3) is 0 Å². The van der Waals surface area contributed by atoms with Crippen LogP contribution in [-0.2, 0) is 9.47 Å². The average Bonchev–Trinajstić information content (AvgIpc) is 2.90.